The molecule has 15 heavy (non-hydrogen) atoms. The zero-order valence-electron chi connectivity index (χ0n) is 7.68. The zero-order valence-corrected chi connectivity index (χ0v) is 8.44. The van der Waals surface area contributed by atoms with E-state index in [4.69, 9.17) is 16.7 Å². The second kappa shape index (κ2) is 3.79. The maximum Gasteiger partial charge on any atom is 0.133 e. The molecule has 0 aliphatic rings. The summed E-state index contributed by atoms with van der Waals surface area (Å²) in [6.45, 7) is 0. The topological polar surface area (TPSA) is 53.4 Å². The van der Waals surface area contributed by atoms with Crippen LogP contribution >= 0.6 is 11.6 Å². The highest BCUT2D eigenvalue weighted by molar-refractivity contribution is 6.33. The molecule has 0 radical (unpaired) electrons. The van der Waals surface area contributed by atoms with Gasteiger partial charge < -0.3 is 10.2 Å². The van der Waals surface area contributed by atoms with Gasteiger partial charge in [-0.25, -0.2) is 0 Å². The van der Waals surface area contributed by atoms with Gasteiger partial charge in [0.1, 0.15) is 11.5 Å². The number of phenolic OH excluding ortho intramolecular Hbond substituents is 1. The van der Waals surface area contributed by atoms with Crippen LogP contribution in [0.25, 0.3) is 11.3 Å². The van der Waals surface area contributed by atoms with Gasteiger partial charge in [-0.05, 0) is 30.3 Å². The molecule has 0 aliphatic carbocycles. The van der Waals surface area contributed by atoms with Crippen molar-refractivity contribution in [1.29, 1.82) is 0 Å². The lowest BCUT2D eigenvalue weighted by Crippen LogP contribution is -1.83. The van der Waals surface area contributed by atoms with E-state index in [2.05, 4.69) is 4.98 Å². The number of rotatable bonds is 1. The molecule has 0 saturated heterocycles. The van der Waals surface area contributed by atoms with Crippen LogP contribution in [0.1, 0.15) is 0 Å². The van der Waals surface area contributed by atoms with Crippen molar-refractivity contribution < 1.29 is 10.2 Å². The van der Waals surface area contributed by atoms with Gasteiger partial charge in [0.05, 0.1) is 16.9 Å². The van der Waals surface area contributed by atoms with E-state index in [0.717, 1.165) is 0 Å². The molecule has 1 heterocycles. The van der Waals surface area contributed by atoms with E-state index in [1.165, 1.54) is 24.4 Å². The van der Waals surface area contributed by atoms with Crippen LogP contribution in [0.3, 0.4) is 0 Å². The normalized spacial score (nSPS) is 10.2. The molecular formula is C11H8ClNO2. The summed E-state index contributed by atoms with van der Waals surface area (Å²) >= 11 is 5.96. The molecule has 2 N–H and O–H groups in total. The van der Waals surface area contributed by atoms with Crippen LogP contribution < -0.4 is 0 Å². The summed E-state index contributed by atoms with van der Waals surface area (Å²) < 4.78 is 0. The third kappa shape index (κ3) is 2.02. The molecule has 76 valence electrons. The predicted molar refractivity (Wildman–Crippen MR) is 58.0 cm³/mol. The van der Waals surface area contributed by atoms with Crippen molar-refractivity contribution in [2.24, 2.45) is 0 Å². The van der Waals surface area contributed by atoms with Crippen LogP contribution in [0.5, 0.6) is 11.5 Å². The second-order valence-electron chi connectivity index (χ2n) is 3.07. The first-order valence-corrected chi connectivity index (χ1v) is 4.68. The number of halogens is 1. The van der Waals surface area contributed by atoms with E-state index in [1.807, 2.05) is 0 Å². The first-order chi connectivity index (χ1) is 7.16. The maximum absolute atomic E-state index is 9.32. The van der Waals surface area contributed by atoms with Gasteiger partial charge in [-0.3, -0.25) is 4.98 Å². The summed E-state index contributed by atoms with van der Waals surface area (Å²) in [4.78, 5) is 4.00. The summed E-state index contributed by atoms with van der Waals surface area (Å²) in [5.41, 5.74) is 1.24. The van der Waals surface area contributed by atoms with Crippen molar-refractivity contribution in [2.45, 2.75) is 0 Å². The number of aromatic hydroxyl groups is 2. The molecule has 0 saturated carbocycles. The van der Waals surface area contributed by atoms with E-state index in [-0.39, 0.29) is 11.5 Å². The Morgan fingerprint density at radius 2 is 1.73 bits per heavy atom. The van der Waals surface area contributed by atoms with Gasteiger partial charge in [0.2, 0.25) is 0 Å². The fraction of sp³-hybridized carbons (Fsp3) is 0. The lowest BCUT2D eigenvalue weighted by molar-refractivity contribution is 0.473. The Labute approximate surface area is 91.6 Å². The van der Waals surface area contributed by atoms with Gasteiger partial charge in [-0.1, -0.05) is 11.6 Å². The number of pyridine rings is 1. The molecule has 2 rings (SSSR count). The van der Waals surface area contributed by atoms with E-state index in [0.29, 0.717) is 16.3 Å². The summed E-state index contributed by atoms with van der Waals surface area (Å²) in [6.07, 6.45) is 1.33. The fourth-order valence-electron chi connectivity index (χ4n) is 1.25. The Kier molecular flexibility index (Phi) is 2.47. The second-order valence-corrected chi connectivity index (χ2v) is 3.47. The van der Waals surface area contributed by atoms with Gasteiger partial charge in [0.25, 0.3) is 0 Å². The van der Waals surface area contributed by atoms with E-state index >= 15 is 0 Å². The molecule has 1 aromatic carbocycles. The van der Waals surface area contributed by atoms with Gasteiger partial charge in [-0.2, -0.15) is 0 Å². The van der Waals surface area contributed by atoms with Gasteiger partial charge in [0, 0.05) is 5.56 Å². The van der Waals surface area contributed by atoms with Crippen LogP contribution in [0.4, 0.5) is 0 Å². The Bertz CT molecular complexity index is 482. The van der Waals surface area contributed by atoms with Gasteiger partial charge in [0.15, 0.2) is 0 Å². The van der Waals surface area contributed by atoms with E-state index in [9.17, 15) is 5.11 Å². The van der Waals surface area contributed by atoms with Crippen molar-refractivity contribution in [3.8, 4) is 22.8 Å². The summed E-state index contributed by atoms with van der Waals surface area (Å²) in [5.74, 6) is 0.222. The minimum atomic E-state index is 0.0926. The molecule has 3 nitrogen and oxygen atoms in total. The van der Waals surface area contributed by atoms with Crippen molar-refractivity contribution in [1.82, 2.24) is 4.98 Å². The molecule has 0 fully saturated rings. The summed E-state index contributed by atoms with van der Waals surface area (Å²) in [7, 11) is 0. The third-order valence-corrected chi connectivity index (χ3v) is 2.30. The van der Waals surface area contributed by atoms with Crippen LogP contribution in [-0.4, -0.2) is 15.2 Å². The number of hydrogen-bond acceptors (Lipinski definition) is 3. The first-order valence-electron chi connectivity index (χ1n) is 4.31. The van der Waals surface area contributed by atoms with Crippen molar-refractivity contribution >= 4 is 11.6 Å². The van der Waals surface area contributed by atoms with E-state index < -0.39 is 0 Å². The highest BCUT2D eigenvalue weighted by Crippen LogP contribution is 2.30. The highest BCUT2D eigenvalue weighted by atomic mass is 35.5. The molecule has 0 atom stereocenters. The third-order valence-electron chi connectivity index (χ3n) is 1.97. The Balaban J connectivity index is 2.53. The van der Waals surface area contributed by atoms with Crippen molar-refractivity contribution in [2.75, 3.05) is 0 Å². The average molecular weight is 222 g/mol. The number of benzene rings is 1. The molecule has 0 spiro atoms. The summed E-state index contributed by atoms with van der Waals surface area (Å²) in [6, 6.07) is 7.79. The number of phenols is 1. The van der Waals surface area contributed by atoms with Crippen LogP contribution in [0.2, 0.25) is 5.02 Å². The lowest BCUT2D eigenvalue weighted by atomic mass is 10.1. The predicted octanol–water partition coefficient (Wildman–Crippen LogP) is 2.81. The van der Waals surface area contributed by atoms with Crippen molar-refractivity contribution in [3.05, 3.63) is 41.6 Å². The molecule has 2 aromatic rings. The van der Waals surface area contributed by atoms with Crippen molar-refractivity contribution in [3.63, 3.8) is 0 Å². The summed E-state index contributed by atoms with van der Waals surface area (Å²) in [5, 5.41) is 18.9. The SMILES string of the molecule is Oc1ccc(-c2cc(O)ccc2Cl)nc1. The van der Waals surface area contributed by atoms with Crippen LogP contribution in [0, 0.1) is 0 Å². The lowest BCUT2D eigenvalue weighted by Gasteiger charge is -2.04. The van der Waals surface area contributed by atoms with E-state index in [1.54, 1.807) is 12.1 Å². The molecule has 1 aromatic heterocycles. The minimum absolute atomic E-state index is 0.0926. The Morgan fingerprint density at radius 1 is 1.00 bits per heavy atom. The molecule has 4 heteroatoms. The monoisotopic (exact) mass is 221 g/mol. The highest BCUT2D eigenvalue weighted by Gasteiger charge is 2.05. The standard InChI is InChI=1S/C11H8ClNO2/c12-10-3-1-7(14)5-9(10)11-4-2-8(15)6-13-11/h1-6,14-15H. The Morgan fingerprint density at radius 3 is 2.40 bits per heavy atom. The number of hydrogen-bond donors (Lipinski definition) is 2. The quantitative estimate of drug-likeness (QED) is 0.779. The molecule has 0 amide bonds. The molecule has 0 aliphatic heterocycles. The fourth-order valence-corrected chi connectivity index (χ4v) is 1.47. The zero-order chi connectivity index (χ0) is 10.8. The Hall–Kier alpha value is -1.74. The largest absolute Gasteiger partial charge is 0.508 e. The molecule has 0 bridgehead atoms. The minimum Gasteiger partial charge on any atom is -0.508 e. The maximum atomic E-state index is 9.32. The molecular weight excluding hydrogens is 214 g/mol. The van der Waals surface area contributed by atoms with Crippen LogP contribution in [-0.2, 0) is 0 Å². The smallest absolute Gasteiger partial charge is 0.133 e. The molecule has 0 unspecified atom stereocenters. The first kappa shape index (κ1) is 9.80. The number of nitrogens with zero attached hydrogens (tertiary/aromatic N) is 1. The average Bonchev–Trinajstić information content (AvgIpc) is 2.23. The van der Waals surface area contributed by atoms with Gasteiger partial charge in [-0.15, -0.1) is 0 Å². The number of aromatic nitrogens is 1. The van der Waals surface area contributed by atoms with Gasteiger partial charge >= 0.3 is 0 Å². The van der Waals surface area contributed by atoms with Crippen LogP contribution in [0.15, 0.2) is 36.5 Å².